The molecule has 5 heteroatoms. The molecule has 0 heterocycles. The molecule has 1 unspecified atom stereocenters. The molecule has 4 N–H and O–H groups in total. The zero-order valence-electron chi connectivity index (χ0n) is 11.9. The molecule has 0 aliphatic carbocycles. The van der Waals surface area contributed by atoms with Crippen molar-refractivity contribution < 1.29 is 14.7 Å². The van der Waals surface area contributed by atoms with Crippen LogP contribution in [0.1, 0.15) is 36.2 Å². The predicted octanol–water partition coefficient (Wildman–Crippen LogP) is 1.42. The van der Waals surface area contributed by atoms with Crippen molar-refractivity contribution in [3.63, 3.8) is 0 Å². The molecular formula is C15H22N2O3. The quantitative estimate of drug-likeness (QED) is 0.703. The van der Waals surface area contributed by atoms with Gasteiger partial charge in [0.15, 0.2) is 0 Å². The van der Waals surface area contributed by atoms with Crippen LogP contribution in [0, 0.1) is 5.92 Å². The predicted molar refractivity (Wildman–Crippen MR) is 77.5 cm³/mol. The first-order valence-corrected chi connectivity index (χ1v) is 6.76. The molecule has 20 heavy (non-hydrogen) atoms. The molecule has 0 saturated carbocycles. The van der Waals surface area contributed by atoms with Gasteiger partial charge in [0.2, 0.25) is 0 Å². The standard InChI is InChI=1S/C15H22N2O3/c1-10(2)13(9-14(18)19)17-15(20)12-6-4-3-5-11(12)7-8-16/h3-6,10,13H,7-9,16H2,1-2H3,(H,17,20)(H,18,19). The minimum Gasteiger partial charge on any atom is -0.481 e. The van der Waals surface area contributed by atoms with Crippen LogP contribution < -0.4 is 11.1 Å². The summed E-state index contributed by atoms with van der Waals surface area (Å²) in [5, 5.41) is 11.7. The van der Waals surface area contributed by atoms with Crippen LogP contribution in [0.2, 0.25) is 0 Å². The third kappa shape index (κ3) is 4.66. The van der Waals surface area contributed by atoms with Gasteiger partial charge in [-0.25, -0.2) is 0 Å². The van der Waals surface area contributed by atoms with Gasteiger partial charge in [0.1, 0.15) is 0 Å². The minimum atomic E-state index is -0.917. The fourth-order valence-corrected chi connectivity index (χ4v) is 2.00. The lowest BCUT2D eigenvalue weighted by atomic mass is 9.99. The van der Waals surface area contributed by atoms with Crippen molar-refractivity contribution >= 4 is 11.9 Å². The molecule has 5 nitrogen and oxygen atoms in total. The molecule has 0 spiro atoms. The average Bonchev–Trinajstić information content (AvgIpc) is 2.38. The third-order valence-electron chi connectivity index (χ3n) is 3.19. The number of rotatable bonds is 7. The molecule has 1 aromatic carbocycles. The smallest absolute Gasteiger partial charge is 0.305 e. The van der Waals surface area contributed by atoms with Gasteiger partial charge in [0.25, 0.3) is 5.91 Å². The summed E-state index contributed by atoms with van der Waals surface area (Å²) in [5.41, 5.74) is 6.98. The van der Waals surface area contributed by atoms with E-state index < -0.39 is 5.97 Å². The van der Waals surface area contributed by atoms with Crippen LogP contribution in [0.4, 0.5) is 0 Å². The number of carboxylic acids is 1. The number of carbonyl (C=O) groups is 2. The summed E-state index contributed by atoms with van der Waals surface area (Å²) < 4.78 is 0. The normalized spacial score (nSPS) is 12.2. The molecule has 0 radical (unpaired) electrons. The van der Waals surface area contributed by atoms with Gasteiger partial charge in [0, 0.05) is 11.6 Å². The summed E-state index contributed by atoms with van der Waals surface area (Å²) in [5.74, 6) is -1.11. The maximum atomic E-state index is 12.3. The van der Waals surface area contributed by atoms with Crippen LogP contribution in [0.15, 0.2) is 24.3 Å². The van der Waals surface area contributed by atoms with E-state index in [4.69, 9.17) is 10.8 Å². The number of amides is 1. The Bertz CT molecular complexity index is 472. The molecule has 1 atom stereocenters. The topological polar surface area (TPSA) is 92.4 Å². The summed E-state index contributed by atoms with van der Waals surface area (Å²) in [7, 11) is 0. The molecule has 0 bridgehead atoms. The van der Waals surface area contributed by atoms with Crippen molar-refractivity contribution in [1.29, 1.82) is 0 Å². The number of hydrogen-bond donors (Lipinski definition) is 3. The highest BCUT2D eigenvalue weighted by Crippen LogP contribution is 2.12. The first-order chi connectivity index (χ1) is 9.45. The largest absolute Gasteiger partial charge is 0.481 e. The molecule has 0 saturated heterocycles. The Kier molecular flexibility index (Phi) is 6.18. The Balaban J connectivity index is 2.86. The zero-order chi connectivity index (χ0) is 15.1. The maximum Gasteiger partial charge on any atom is 0.305 e. The fourth-order valence-electron chi connectivity index (χ4n) is 2.00. The molecule has 110 valence electrons. The Labute approximate surface area is 119 Å². The first-order valence-electron chi connectivity index (χ1n) is 6.76. The van der Waals surface area contributed by atoms with Crippen LogP contribution in [-0.4, -0.2) is 29.6 Å². The number of carbonyl (C=O) groups excluding carboxylic acids is 1. The van der Waals surface area contributed by atoms with Crippen molar-refractivity contribution in [3.05, 3.63) is 35.4 Å². The highest BCUT2D eigenvalue weighted by Gasteiger charge is 2.21. The van der Waals surface area contributed by atoms with Crippen molar-refractivity contribution in [2.45, 2.75) is 32.7 Å². The lowest BCUT2D eigenvalue weighted by Gasteiger charge is -2.21. The van der Waals surface area contributed by atoms with Gasteiger partial charge in [-0.1, -0.05) is 32.0 Å². The lowest BCUT2D eigenvalue weighted by Crippen LogP contribution is -2.40. The zero-order valence-corrected chi connectivity index (χ0v) is 11.9. The van der Waals surface area contributed by atoms with E-state index in [-0.39, 0.29) is 24.3 Å². The average molecular weight is 278 g/mol. The summed E-state index contributed by atoms with van der Waals surface area (Å²) in [4.78, 5) is 23.1. The van der Waals surface area contributed by atoms with E-state index in [0.29, 0.717) is 18.5 Å². The van der Waals surface area contributed by atoms with Crippen LogP contribution in [0.3, 0.4) is 0 Å². The van der Waals surface area contributed by atoms with Crippen molar-refractivity contribution in [3.8, 4) is 0 Å². The van der Waals surface area contributed by atoms with E-state index in [1.54, 1.807) is 12.1 Å². The molecule has 1 aromatic rings. The van der Waals surface area contributed by atoms with Crippen LogP contribution in [-0.2, 0) is 11.2 Å². The first kappa shape index (κ1) is 16.2. The summed E-state index contributed by atoms with van der Waals surface area (Å²) in [6, 6.07) is 6.86. The summed E-state index contributed by atoms with van der Waals surface area (Å²) >= 11 is 0. The number of hydrogen-bond acceptors (Lipinski definition) is 3. The van der Waals surface area contributed by atoms with Crippen molar-refractivity contribution in [2.75, 3.05) is 6.54 Å². The van der Waals surface area contributed by atoms with Gasteiger partial charge < -0.3 is 16.2 Å². The van der Waals surface area contributed by atoms with Gasteiger partial charge in [-0.05, 0) is 30.5 Å². The Morgan fingerprint density at radius 1 is 1.30 bits per heavy atom. The Morgan fingerprint density at radius 3 is 2.50 bits per heavy atom. The molecule has 0 fully saturated rings. The number of nitrogens with one attached hydrogen (secondary N) is 1. The van der Waals surface area contributed by atoms with E-state index in [9.17, 15) is 9.59 Å². The van der Waals surface area contributed by atoms with Gasteiger partial charge in [0.05, 0.1) is 6.42 Å². The molecule has 0 aliphatic heterocycles. The van der Waals surface area contributed by atoms with Crippen LogP contribution >= 0.6 is 0 Å². The molecular weight excluding hydrogens is 256 g/mol. The fraction of sp³-hybridized carbons (Fsp3) is 0.467. The Morgan fingerprint density at radius 2 is 1.95 bits per heavy atom. The SMILES string of the molecule is CC(C)C(CC(=O)O)NC(=O)c1ccccc1CCN. The summed E-state index contributed by atoms with van der Waals surface area (Å²) in [6.45, 7) is 4.24. The molecule has 0 aliphatic rings. The van der Waals surface area contributed by atoms with E-state index in [2.05, 4.69) is 5.32 Å². The maximum absolute atomic E-state index is 12.3. The van der Waals surface area contributed by atoms with E-state index in [1.807, 2.05) is 26.0 Å². The number of nitrogens with two attached hydrogens (primary N) is 1. The lowest BCUT2D eigenvalue weighted by molar-refractivity contribution is -0.137. The van der Waals surface area contributed by atoms with Gasteiger partial charge >= 0.3 is 5.97 Å². The van der Waals surface area contributed by atoms with Gasteiger partial charge in [-0.15, -0.1) is 0 Å². The van der Waals surface area contributed by atoms with Crippen molar-refractivity contribution in [2.24, 2.45) is 11.7 Å². The van der Waals surface area contributed by atoms with Crippen LogP contribution in [0.5, 0.6) is 0 Å². The van der Waals surface area contributed by atoms with Crippen molar-refractivity contribution in [1.82, 2.24) is 5.32 Å². The second-order valence-corrected chi connectivity index (χ2v) is 5.12. The van der Waals surface area contributed by atoms with Crippen LogP contribution in [0.25, 0.3) is 0 Å². The second kappa shape index (κ2) is 7.65. The van der Waals surface area contributed by atoms with Gasteiger partial charge in [-0.2, -0.15) is 0 Å². The molecule has 0 aromatic heterocycles. The van der Waals surface area contributed by atoms with E-state index >= 15 is 0 Å². The van der Waals surface area contributed by atoms with E-state index in [1.165, 1.54) is 0 Å². The Hall–Kier alpha value is -1.88. The summed E-state index contributed by atoms with van der Waals surface area (Å²) in [6.07, 6.45) is 0.539. The number of carboxylic acid groups (broad SMARTS) is 1. The number of aliphatic carboxylic acids is 1. The number of benzene rings is 1. The second-order valence-electron chi connectivity index (χ2n) is 5.12. The molecule has 1 rings (SSSR count). The third-order valence-corrected chi connectivity index (χ3v) is 3.19. The highest BCUT2D eigenvalue weighted by atomic mass is 16.4. The molecule has 1 amide bonds. The van der Waals surface area contributed by atoms with E-state index in [0.717, 1.165) is 5.56 Å². The van der Waals surface area contributed by atoms with Gasteiger partial charge in [-0.3, -0.25) is 9.59 Å². The minimum absolute atomic E-state index is 0.0525. The monoisotopic (exact) mass is 278 g/mol. The highest BCUT2D eigenvalue weighted by molar-refractivity contribution is 5.96.